The molecule has 0 saturated carbocycles. The number of amides is 2. The van der Waals surface area contributed by atoms with Gasteiger partial charge in [-0.05, 0) is 71.6 Å². The second-order valence-corrected chi connectivity index (χ2v) is 10.3. The molecule has 3 rings (SSSR count). The number of hydrogen-bond acceptors (Lipinski definition) is 6. The lowest BCUT2D eigenvalue weighted by atomic mass is 9.77. The third-order valence-electron chi connectivity index (χ3n) is 5.92. The number of hydrogen-bond donors (Lipinski definition) is 1. The molecule has 0 aliphatic carbocycles. The monoisotopic (exact) mass is 446 g/mol. The summed E-state index contributed by atoms with van der Waals surface area (Å²) >= 11 is 0. The van der Waals surface area contributed by atoms with Gasteiger partial charge >= 0.3 is 13.2 Å². The van der Waals surface area contributed by atoms with Crippen molar-refractivity contribution in [1.29, 1.82) is 0 Å². The van der Waals surface area contributed by atoms with E-state index in [-0.39, 0.29) is 12.5 Å². The molecule has 2 aliphatic heterocycles. The zero-order chi connectivity index (χ0) is 23.7. The summed E-state index contributed by atoms with van der Waals surface area (Å²) < 4.78 is 23.1. The van der Waals surface area contributed by atoms with Crippen LogP contribution in [0.15, 0.2) is 18.2 Å². The second-order valence-electron chi connectivity index (χ2n) is 10.3. The van der Waals surface area contributed by atoms with Crippen molar-refractivity contribution in [2.45, 2.75) is 71.8 Å². The van der Waals surface area contributed by atoms with Crippen molar-refractivity contribution in [3.63, 3.8) is 0 Å². The molecular formula is C23H35BN2O6. The molecule has 2 aliphatic rings. The number of alkyl carbamates (subject to hydrolysis) is 1. The van der Waals surface area contributed by atoms with E-state index < -0.39 is 30.0 Å². The van der Waals surface area contributed by atoms with Crippen LogP contribution in [-0.2, 0) is 25.3 Å². The lowest BCUT2D eigenvalue weighted by Crippen LogP contribution is -2.42. The average Bonchev–Trinajstić information content (AvgIpc) is 2.92. The molecule has 2 heterocycles. The van der Waals surface area contributed by atoms with Gasteiger partial charge in [-0.25, -0.2) is 4.79 Å². The fraction of sp³-hybridized carbons (Fsp3) is 0.652. The number of carbonyl (C=O) groups excluding carboxylic acids is 2. The van der Waals surface area contributed by atoms with Crippen molar-refractivity contribution < 1.29 is 28.4 Å². The molecule has 1 N–H and O–H groups in total. The maximum absolute atomic E-state index is 13.2. The Kier molecular flexibility index (Phi) is 6.93. The van der Waals surface area contributed by atoms with Crippen LogP contribution < -0.4 is 10.8 Å². The van der Waals surface area contributed by atoms with E-state index in [1.165, 1.54) is 0 Å². The molecule has 1 aromatic rings. The highest BCUT2D eigenvalue weighted by Crippen LogP contribution is 2.36. The van der Waals surface area contributed by atoms with Crippen LogP contribution in [0.5, 0.6) is 0 Å². The fourth-order valence-corrected chi connectivity index (χ4v) is 3.50. The molecule has 0 atom stereocenters. The Bertz CT molecular complexity index is 843. The van der Waals surface area contributed by atoms with Crippen LogP contribution in [-0.4, -0.2) is 67.1 Å². The van der Waals surface area contributed by atoms with Crippen molar-refractivity contribution in [2.75, 3.05) is 26.3 Å². The SMILES string of the molecule is CC(C)(C)OC(=O)NCc1cc(B2OC(C)(C)C(C)(C)O2)cc(C(=O)N2CCOCC2)c1. The Morgan fingerprint density at radius 3 is 2.22 bits per heavy atom. The number of rotatable bonds is 4. The Morgan fingerprint density at radius 2 is 1.66 bits per heavy atom. The van der Waals surface area contributed by atoms with Crippen LogP contribution in [0.25, 0.3) is 0 Å². The zero-order valence-corrected chi connectivity index (χ0v) is 20.2. The predicted molar refractivity (Wildman–Crippen MR) is 122 cm³/mol. The lowest BCUT2D eigenvalue weighted by Gasteiger charge is -2.32. The van der Waals surface area contributed by atoms with Crippen LogP contribution in [0.1, 0.15) is 64.4 Å². The van der Waals surface area contributed by atoms with E-state index in [1.807, 2.05) is 60.6 Å². The second kappa shape index (κ2) is 9.04. The third-order valence-corrected chi connectivity index (χ3v) is 5.92. The smallest absolute Gasteiger partial charge is 0.444 e. The van der Waals surface area contributed by atoms with E-state index in [0.717, 1.165) is 11.0 Å². The summed E-state index contributed by atoms with van der Waals surface area (Å²) in [7, 11) is -0.613. The van der Waals surface area contributed by atoms with Crippen molar-refractivity contribution in [2.24, 2.45) is 0 Å². The maximum Gasteiger partial charge on any atom is 0.494 e. The summed E-state index contributed by atoms with van der Waals surface area (Å²) in [6, 6.07) is 5.51. The normalized spacial score (nSPS) is 20.2. The Hall–Kier alpha value is -2.10. The van der Waals surface area contributed by atoms with Gasteiger partial charge in [0.2, 0.25) is 0 Å². The highest BCUT2D eigenvalue weighted by molar-refractivity contribution is 6.62. The van der Waals surface area contributed by atoms with E-state index in [1.54, 1.807) is 11.0 Å². The van der Waals surface area contributed by atoms with Gasteiger partial charge in [-0.15, -0.1) is 0 Å². The molecule has 0 radical (unpaired) electrons. The minimum atomic E-state index is -0.613. The first-order valence-electron chi connectivity index (χ1n) is 11.1. The van der Waals surface area contributed by atoms with E-state index >= 15 is 0 Å². The molecule has 176 valence electrons. The molecule has 2 amide bonds. The summed E-state index contributed by atoms with van der Waals surface area (Å²) in [6.07, 6.45) is -0.514. The van der Waals surface area contributed by atoms with E-state index in [0.29, 0.717) is 31.9 Å². The number of benzene rings is 1. The molecule has 0 bridgehead atoms. The van der Waals surface area contributed by atoms with E-state index in [4.69, 9.17) is 18.8 Å². The van der Waals surface area contributed by atoms with Gasteiger partial charge in [-0.3, -0.25) is 4.79 Å². The zero-order valence-electron chi connectivity index (χ0n) is 20.2. The summed E-state index contributed by atoms with van der Waals surface area (Å²) in [5.74, 6) is -0.0785. The standard InChI is InChI=1S/C23H35BN2O6/c1-21(2,3)30-20(28)25-15-16-12-17(19(27)26-8-10-29-11-9-26)14-18(13-16)24-31-22(4,5)23(6,7)32-24/h12-14H,8-11,15H2,1-7H3,(H,25,28). The quantitative estimate of drug-likeness (QED) is 0.716. The molecule has 1 aromatic carbocycles. The molecule has 8 nitrogen and oxygen atoms in total. The average molecular weight is 446 g/mol. The van der Waals surface area contributed by atoms with E-state index in [9.17, 15) is 9.59 Å². The van der Waals surface area contributed by atoms with Crippen molar-refractivity contribution in [1.82, 2.24) is 10.2 Å². The van der Waals surface area contributed by atoms with Crippen molar-refractivity contribution in [3.05, 3.63) is 29.3 Å². The molecule has 2 saturated heterocycles. The number of nitrogens with one attached hydrogen (secondary N) is 1. The minimum absolute atomic E-state index is 0.0785. The number of ether oxygens (including phenoxy) is 2. The van der Waals surface area contributed by atoms with Crippen LogP contribution >= 0.6 is 0 Å². The van der Waals surface area contributed by atoms with Gasteiger partial charge in [-0.1, -0.05) is 6.07 Å². The van der Waals surface area contributed by atoms with Crippen LogP contribution in [0, 0.1) is 0 Å². The van der Waals surface area contributed by atoms with Gasteiger partial charge in [0.25, 0.3) is 5.91 Å². The summed E-state index contributed by atoms with van der Waals surface area (Å²) in [4.78, 5) is 27.1. The predicted octanol–water partition coefficient (Wildman–Crippen LogP) is 2.48. The van der Waals surface area contributed by atoms with Crippen LogP contribution in [0.3, 0.4) is 0 Å². The topological polar surface area (TPSA) is 86.3 Å². The van der Waals surface area contributed by atoms with Gasteiger partial charge in [-0.2, -0.15) is 0 Å². The molecule has 0 spiro atoms. The summed E-state index contributed by atoms with van der Waals surface area (Å²) in [5.41, 5.74) is 0.434. The van der Waals surface area contributed by atoms with Gasteiger partial charge in [0.05, 0.1) is 24.4 Å². The van der Waals surface area contributed by atoms with Crippen molar-refractivity contribution in [3.8, 4) is 0 Å². The highest BCUT2D eigenvalue weighted by Gasteiger charge is 2.51. The van der Waals surface area contributed by atoms with Crippen LogP contribution in [0.2, 0.25) is 0 Å². The molecule has 0 unspecified atom stereocenters. The largest absolute Gasteiger partial charge is 0.494 e. The first-order chi connectivity index (χ1) is 14.8. The number of morpholine rings is 1. The molecule has 32 heavy (non-hydrogen) atoms. The van der Waals surface area contributed by atoms with E-state index in [2.05, 4.69) is 5.32 Å². The summed E-state index contributed by atoms with van der Waals surface area (Å²) in [6.45, 7) is 15.7. The fourth-order valence-electron chi connectivity index (χ4n) is 3.50. The highest BCUT2D eigenvalue weighted by atomic mass is 16.7. The number of carbonyl (C=O) groups is 2. The minimum Gasteiger partial charge on any atom is -0.444 e. The Labute approximate surface area is 191 Å². The Balaban J connectivity index is 1.86. The van der Waals surface area contributed by atoms with Gasteiger partial charge in [0.1, 0.15) is 5.60 Å². The molecule has 0 aromatic heterocycles. The lowest BCUT2D eigenvalue weighted by molar-refractivity contribution is 0.00578. The van der Waals surface area contributed by atoms with Gasteiger partial charge < -0.3 is 29.0 Å². The maximum atomic E-state index is 13.2. The molecule has 9 heteroatoms. The molecule has 2 fully saturated rings. The third kappa shape index (κ3) is 5.82. The first-order valence-corrected chi connectivity index (χ1v) is 11.1. The Morgan fingerprint density at radius 1 is 1.06 bits per heavy atom. The number of nitrogens with zero attached hydrogens (tertiary/aromatic N) is 1. The molecular weight excluding hydrogens is 411 g/mol. The van der Waals surface area contributed by atoms with Crippen molar-refractivity contribution >= 4 is 24.6 Å². The van der Waals surface area contributed by atoms with Crippen LogP contribution in [0.4, 0.5) is 4.79 Å². The summed E-state index contributed by atoms with van der Waals surface area (Å²) in [5, 5.41) is 2.76. The van der Waals surface area contributed by atoms with Gasteiger partial charge in [0, 0.05) is 25.2 Å². The first kappa shape index (κ1) is 24.5. The van der Waals surface area contributed by atoms with Gasteiger partial charge in [0.15, 0.2) is 0 Å².